The van der Waals surface area contributed by atoms with Crippen molar-refractivity contribution < 1.29 is 4.52 Å². The minimum Gasteiger partial charge on any atom is -0.357 e. The monoisotopic (exact) mass is 336 g/mol. The second-order valence-corrected chi connectivity index (χ2v) is 6.12. The molecule has 0 bridgehead atoms. The van der Waals surface area contributed by atoms with Gasteiger partial charge in [0.15, 0.2) is 0 Å². The lowest BCUT2D eigenvalue weighted by molar-refractivity contribution is 0.432. The van der Waals surface area contributed by atoms with Gasteiger partial charge in [0.2, 0.25) is 5.82 Å². The summed E-state index contributed by atoms with van der Waals surface area (Å²) < 4.78 is 5.38. The van der Waals surface area contributed by atoms with Crippen LogP contribution in [0.4, 0.5) is 5.82 Å². The van der Waals surface area contributed by atoms with Crippen LogP contribution in [0, 0.1) is 0 Å². The first kappa shape index (κ1) is 15.7. The van der Waals surface area contributed by atoms with Crippen LogP contribution in [0.25, 0.3) is 22.8 Å². The van der Waals surface area contributed by atoms with E-state index >= 15 is 0 Å². The first-order chi connectivity index (χ1) is 12.3. The molecule has 4 rings (SSSR count). The summed E-state index contributed by atoms with van der Waals surface area (Å²) in [6, 6.07) is 7.70. The predicted octanol–water partition coefficient (Wildman–Crippen LogP) is 2.64. The maximum atomic E-state index is 5.63. The average molecular weight is 336 g/mol. The van der Waals surface area contributed by atoms with Crippen LogP contribution in [0.15, 0.2) is 41.2 Å². The van der Waals surface area contributed by atoms with E-state index in [0.29, 0.717) is 18.3 Å². The Hall–Kier alpha value is -2.80. The third-order valence-electron chi connectivity index (χ3n) is 4.38. The summed E-state index contributed by atoms with van der Waals surface area (Å²) in [6.45, 7) is 2.52. The van der Waals surface area contributed by atoms with Crippen LogP contribution in [-0.2, 0) is 6.54 Å². The van der Waals surface area contributed by atoms with Gasteiger partial charge < -0.3 is 15.2 Å². The van der Waals surface area contributed by atoms with E-state index in [1.165, 1.54) is 19.3 Å². The molecule has 0 spiro atoms. The standard InChI is InChI=1S/C18H20N6O/c19-11-15-10-13(6-7-20-15)18-22-17(23-25-18)14-4-5-16(21-12-14)24-8-2-1-3-9-24/h4-7,10,12H,1-3,8-9,11,19H2. The lowest BCUT2D eigenvalue weighted by atomic mass is 10.1. The first-order valence-electron chi connectivity index (χ1n) is 8.54. The fourth-order valence-electron chi connectivity index (χ4n) is 3.01. The number of hydrogen-bond donors (Lipinski definition) is 1. The fraction of sp³-hybridized carbons (Fsp3) is 0.333. The molecular formula is C18H20N6O. The van der Waals surface area contributed by atoms with E-state index in [2.05, 4.69) is 25.0 Å². The minimum absolute atomic E-state index is 0.372. The highest BCUT2D eigenvalue weighted by Gasteiger charge is 2.14. The Morgan fingerprint density at radius 1 is 1.04 bits per heavy atom. The Labute approximate surface area is 145 Å². The Morgan fingerprint density at radius 3 is 2.68 bits per heavy atom. The molecule has 1 fully saturated rings. The molecule has 0 radical (unpaired) electrons. The fourth-order valence-corrected chi connectivity index (χ4v) is 3.01. The second kappa shape index (κ2) is 6.98. The molecule has 7 heteroatoms. The van der Waals surface area contributed by atoms with Crippen molar-refractivity contribution in [1.29, 1.82) is 0 Å². The smallest absolute Gasteiger partial charge is 0.258 e. The van der Waals surface area contributed by atoms with E-state index in [-0.39, 0.29) is 0 Å². The molecule has 0 atom stereocenters. The summed E-state index contributed by atoms with van der Waals surface area (Å²) in [6.07, 6.45) is 7.26. The SMILES string of the molecule is NCc1cc(-c2nc(-c3ccc(N4CCCCC4)nc3)no2)ccn1. The van der Waals surface area contributed by atoms with Crippen LogP contribution in [0.5, 0.6) is 0 Å². The largest absolute Gasteiger partial charge is 0.357 e. The molecule has 25 heavy (non-hydrogen) atoms. The molecule has 1 aliphatic heterocycles. The molecule has 4 heterocycles. The Kier molecular flexibility index (Phi) is 4.39. The van der Waals surface area contributed by atoms with Crippen molar-refractivity contribution >= 4 is 5.82 Å². The van der Waals surface area contributed by atoms with Gasteiger partial charge in [0.25, 0.3) is 5.89 Å². The van der Waals surface area contributed by atoms with Crippen LogP contribution >= 0.6 is 0 Å². The first-order valence-corrected chi connectivity index (χ1v) is 8.54. The summed E-state index contributed by atoms with van der Waals surface area (Å²) in [7, 11) is 0. The maximum Gasteiger partial charge on any atom is 0.258 e. The van der Waals surface area contributed by atoms with Crippen LogP contribution in [0.2, 0.25) is 0 Å². The second-order valence-electron chi connectivity index (χ2n) is 6.12. The topological polar surface area (TPSA) is 94.0 Å². The van der Waals surface area contributed by atoms with E-state index < -0.39 is 0 Å². The number of aromatic nitrogens is 4. The molecular weight excluding hydrogens is 316 g/mol. The Bertz CT molecular complexity index is 839. The van der Waals surface area contributed by atoms with Gasteiger partial charge in [0, 0.05) is 43.2 Å². The van der Waals surface area contributed by atoms with Crippen molar-refractivity contribution in [2.45, 2.75) is 25.8 Å². The van der Waals surface area contributed by atoms with E-state index in [1.54, 1.807) is 12.4 Å². The quantitative estimate of drug-likeness (QED) is 0.782. The molecule has 3 aromatic heterocycles. The lowest BCUT2D eigenvalue weighted by Crippen LogP contribution is -2.29. The lowest BCUT2D eigenvalue weighted by Gasteiger charge is -2.27. The van der Waals surface area contributed by atoms with Gasteiger partial charge in [0.05, 0.1) is 5.69 Å². The van der Waals surface area contributed by atoms with E-state index in [1.807, 2.05) is 24.3 Å². The van der Waals surface area contributed by atoms with Crippen LogP contribution in [0.1, 0.15) is 25.0 Å². The van der Waals surface area contributed by atoms with Crippen molar-refractivity contribution in [3.05, 3.63) is 42.4 Å². The van der Waals surface area contributed by atoms with Crippen LogP contribution < -0.4 is 10.6 Å². The normalized spacial score (nSPS) is 14.7. The Morgan fingerprint density at radius 2 is 1.92 bits per heavy atom. The van der Waals surface area contributed by atoms with E-state index in [9.17, 15) is 0 Å². The average Bonchev–Trinajstić information content (AvgIpc) is 3.19. The van der Waals surface area contributed by atoms with Gasteiger partial charge in [-0.2, -0.15) is 4.98 Å². The zero-order valence-electron chi connectivity index (χ0n) is 13.9. The zero-order chi connectivity index (χ0) is 17.1. The van der Waals surface area contributed by atoms with E-state index in [0.717, 1.165) is 35.7 Å². The van der Waals surface area contributed by atoms with Crippen LogP contribution in [0.3, 0.4) is 0 Å². The summed E-state index contributed by atoms with van der Waals surface area (Å²) in [5.74, 6) is 1.99. The molecule has 0 unspecified atom stereocenters. The van der Waals surface area contributed by atoms with Crippen molar-refractivity contribution in [1.82, 2.24) is 20.1 Å². The number of rotatable bonds is 4. The van der Waals surface area contributed by atoms with Crippen molar-refractivity contribution in [3.8, 4) is 22.8 Å². The number of pyridine rings is 2. The van der Waals surface area contributed by atoms with Gasteiger partial charge in [0.1, 0.15) is 5.82 Å². The number of hydrogen-bond acceptors (Lipinski definition) is 7. The predicted molar refractivity (Wildman–Crippen MR) is 94.7 cm³/mol. The third kappa shape index (κ3) is 3.36. The van der Waals surface area contributed by atoms with Gasteiger partial charge in [-0.3, -0.25) is 4.98 Å². The molecule has 7 nitrogen and oxygen atoms in total. The molecule has 128 valence electrons. The number of nitrogens with two attached hydrogens (primary N) is 1. The summed E-state index contributed by atoms with van der Waals surface area (Å²) in [4.78, 5) is 15.5. The minimum atomic E-state index is 0.372. The van der Waals surface area contributed by atoms with Crippen molar-refractivity contribution in [3.63, 3.8) is 0 Å². The number of anilines is 1. The summed E-state index contributed by atoms with van der Waals surface area (Å²) in [5, 5.41) is 4.07. The summed E-state index contributed by atoms with van der Waals surface area (Å²) >= 11 is 0. The van der Waals surface area contributed by atoms with Crippen molar-refractivity contribution in [2.24, 2.45) is 5.73 Å². The van der Waals surface area contributed by atoms with E-state index in [4.69, 9.17) is 10.3 Å². The maximum absolute atomic E-state index is 5.63. The molecule has 1 aliphatic rings. The van der Waals surface area contributed by atoms with Gasteiger partial charge in [-0.1, -0.05) is 5.16 Å². The molecule has 0 amide bonds. The van der Waals surface area contributed by atoms with Gasteiger partial charge in [-0.15, -0.1) is 0 Å². The highest BCUT2D eigenvalue weighted by Crippen LogP contribution is 2.24. The zero-order valence-corrected chi connectivity index (χ0v) is 13.9. The Balaban J connectivity index is 1.55. The van der Waals surface area contributed by atoms with Gasteiger partial charge in [-0.25, -0.2) is 4.98 Å². The van der Waals surface area contributed by atoms with Gasteiger partial charge in [-0.05, 0) is 43.5 Å². The molecule has 1 saturated heterocycles. The molecule has 0 saturated carbocycles. The van der Waals surface area contributed by atoms with Gasteiger partial charge >= 0.3 is 0 Å². The molecule has 3 aromatic rings. The third-order valence-corrected chi connectivity index (χ3v) is 4.38. The van der Waals surface area contributed by atoms with Crippen molar-refractivity contribution in [2.75, 3.05) is 18.0 Å². The summed E-state index contributed by atoms with van der Waals surface area (Å²) in [5.41, 5.74) is 8.06. The highest BCUT2D eigenvalue weighted by molar-refractivity contribution is 5.60. The molecule has 0 aliphatic carbocycles. The number of nitrogens with zero attached hydrogens (tertiary/aromatic N) is 5. The highest BCUT2D eigenvalue weighted by atomic mass is 16.5. The number of piperidine rings is 1. The molecule has 2 N–H and O–H groups in total. The van der Waals surface area contributed by atoms with Crippen LogP contribution in [-0.4, -0.2) is 33.2 Å². The molecule has 0 aromatic carbocycles.